The van der Waals surface area contributed by atoms with Gasteiger partial charge >= 0.3 is 6.09 Å². The molecule has 192 valence electrons. The quantitative estimate of drug-likeness (QED) is 0.409. The van der Waals surface area contributed by atoms with Crippen molar-refractivity contribution in [1.29, 1.82) is 0 Å². The molecule has 0 fully saturated rings. The van der Waals surface area contributed by atoms with E-state index >= 15 is 0 Å². The van der Waals surface area contributed by atoms with E-state index in [1.165, 1.54) is 0 Å². The van der Waals surface area contributed by atoms with Gasteiger partial charge in [-0.25, -0.2) is 4.79 Å². The van der Waals surface area contributed by atoms with Crippen LogP contribution in [0.1, 0.15) is 62.9 Å². The van der Waals surface area contributed by atoms with Crippen LogP contribution in [-0.4, -0.2) is 34.5 Å². The van der Waals surface area contributed by atoms with Crippen molar-refractivity contribution in [2.75, 3.05) is 5.32 Å². The molecule has 2 N–H and O–H groups in total. The Labute approximate surface area is 214 Å². The Bertz CT molecular complexity index is 1160. The summed E-state index contributed by atoms with van der Waals surface area (Å²) in [7, 11) is 0. The van der Waals surface area contributed by atoms with E-state index < -0.39 is 35.6 Å². The zero-order valence-electron chi connectivity index (χ0n) is 22.4. The molecule has 0 heterocycles. The van der Waals surface area contributed by atoms with Gasteiger partial charge in [-0.15, -0.1) is 0 Å². The number of para-hydroxylation sites is 1. The summed E-state index contributed by atoms with van der Waals surface area (Å²) < 4.78 is 5.35. The van der Waals surface area contributed by atoms with E-state index in [-0.39, 0.29) is 5.92 Å². The fraction of sp³-hybridized carbons (Fsp3) is 0.414. The summed E-state index contributed by atoms with van der Waals surface area (Å²) in [5, 5.41) is 5.56. The first-order chi connectivity index (χ1) is 16.7. The van der Waals surface area contributed by atoms with Gasteiger partial charge in [0, 0.05) is 11.7 Å². The number of hydrogen-bond acceptors (Lipinski definition) is 4. The third kappa shape index (κ3) is 7.35. The average molecular weight is 492 g/mol. The minimum absolute atomic E-state index is 0.320. The fourth-order valence-electron chi connectivity index (χ4n) is 3.73. The van der Waals surface area contributed by atoms with Crippen molar-refractivity contribution in [2.45, 2.75) is 73.1 Å². The van der Waals surface area contributed by atoms with Gasteiger partial charge in [0.15, 0.2) is 0 Å². The van der Waals surface area contributed by atoms with Gasteiger partial charge in [-0.05, 0) is 70.2 Å². The van der Waals surface area contributed by atoms with Crippen molar-refractivity contribution in [2.24, 2.45) is 5.92 Å². The summed E-state index contributed by atoms with van der Waals surface area (Å²) >= 11 is 0. The summed E-state index contributed by atoms with van der Waals surface area (Å²) in [6.07, 6.45) is 5.13. The van der Waals surface area contributed by atoms with Gasteiger partial charge in [0.25, 0.3) is 11.8 Å². The van der Waals surface area contributed by atoms with Gasteiger partial charge in [-0.2, -0.15) is 0 Å². The smallest absolute Gasteiger partial charge is 0.408 e. The molecule has 0 aliphatic heterocycles. The van der Waals surface area contributed by atoms with Gasteiger partial charge in [0.05, 0.1) is 0 Å². The van der Waals surface area contributed by atoms with Crippen molar-refractivity contribution in [3.05, 3.63) is 64.7 Å². The highest BCUT2D eigenvalue weighted by molar-refractivity contribution is 6.00. The number of carbonyl (C=O) groups is 3. The van der Waals surface area contributed by atoms with Crippen LogP contribution < -0.4 is 10.6 Å². The summed E-state index contributed by atoms with van der Waals surface area (Å²) in [6.45, 7) is 14.4. The molecular weight excluding hydrogens is 454 g/mol. The third-order valence-corrected chi connectivity index (χ3v) is 5.62. The number of benzene rings is 2. The van der Waals surface area contributed by atoms with Crippen LogP contribution in [0.15, 0.2) is 42.5 Å². The molecule has 0 aliphatic carbocycles. The van der Waals surface area contributed by atoms with Crippen LogP contribution in [-0.2, 0) is 14.3 Å². The van der Waals surface area contributed by atoms with E-state index in [0.717, 1.165) is 21.6 Å². The van der Waals surface area contributed by atoms with Gasteiger partial charge in [-0.3, -0.25) is 14.5 Å². The van der Waals surface area contributed by atoms with Crippen molar-refractivity contribution >= 4 is 23.6 Å². The third-order valence-electron chi connectivity index (χ3n) is 5.62. The molecule has 7 nitrogen and oxygen atoms in total. The van der Waals surface area contributed by atoms with E-state index in [1.807, 2.05) is 57.2 Å². The second-order valence-electron chi connectivity index (χ2n) is 10.3. The van der Waals surface area contributed by atoms with E-state index in [1.54, 1.807) is 40.7 Å². The van der Waals surface area contributed by atoms with E-state index in [9.17, 15) is 14.4 Å². The number of ether oxygens (including phenoxy) is 1. The average Bonchev–Trinajstić information content (AvgIpc) is 2.77. The molecule has 2 atom stereocenters. The SMILES string of the molecule is C#CN(C(=O)C(NC(=O)OC(C)(C)C)C(C)C)C(C(=O)Nc1ccccc1C)c1cc(C)ccc1C. The first-order valence-electron chi connectivity index (χ1n) is 12.0. The minimum Gasteiger partial charge on any atom is -0.444 e. The maximum absolute atomic E-state index is 13.8. The molecule has 0 aliphatic rings. The predicted octanol–water partition coefficient (Wildman–Crippen LogP) is 5.26. The van der Waals surface area contributed by atoms with E-state index in [0.29, 0.717) is 11.3 Å². The van der Waals surface area contributed by atoms with Crippen LogP contribution in [0.3, 0.4) is 0 Å². The molecule has 0 saturated carbocycles. The van der Waals surface area contributed by atoms with Crippen LogP contribution >= 0.6 is 0 Å². The zero-order chi connectivity index (χ0) is 27.2. The predicted molar refractivity (Wildman–Crippen MR) is 142 cm³/mol. The lowest BCUT2D eigenvalue weighted by atomic mass is 9.95. The lowest BCUT2D eigenvalue weighted by Crippen LogP contribution is -2.53. The Kier molecular flexibility index (Phi) is 9.29. The molecule has 0 bridgehead atoms. The molecule has 0 radical (unpaired) electrons. The van der Waals surface area contributed by atoms with Crippen LogP contribution in [0.4, 0.5) is 10.5 Å². The van der Waals surface area contributed by atoms with Crippen LogP contribution in [0.25, 0.3) is 0 Å². The molecule has 2 aromatic rings. The lowest BCUT2D eigenvalue weighted by Gasteiger charge is -2.32. The summed E-state index contributed by atoms with van der Waals surface area (Å²) in [6, 6.07) is 13.3. The summed E-state index contributed by atoms with van der Waals surface area (Å²) in [5.41, 5.74) is 3.08. The molecule has 2 unspecified atom stereocenters. The Morgan fingerprint density at radius 1 is 1.00 bits per heavy atom. The molecule has 36 heavy (non-hydrogen) atoms. The van der Waals surface area contributed by atoms with Crippen LogP contribution in [0.2, 0.25) is 0 Å². The van der Waals surface area contributed by atoms with Crippen molar-refractivity contribution in [3.63, 3.8) is 0 Å². The second-order valence-corrected chi connectivity index (χ2v) is 10.3. The maximum Gasteiger partial charge on any atom is 0.408 e. The molecule has 0 saturated heterocycles. The normalized spacial score (nSPS) is 12.8. The molecule has 7 heteroatoms. The highest BCUT2D eigenvalue weighted by Crippen LogP contribution is 2.28. The second kappa shape index (κ2) is 11.8. The number of nitrogens with zero attached hydrogens (tertiary/aromatic N) is 1. The number of nitrogens with one attached hydrogen (secondary N) is 2. The van der Waals surface area contributed by atoms with Gasteiger partial charge < -0.3 is 15.4 Å². The Morgan fingerprint density at radius 3 is 2.19 bits per heavy atom. The molecule has 0 spiro atoms. The number of amides is 3. The van der Waals surface area contributed by atoms with Gasteiger partial charge in [-0.1, -0.05) is 62.2 Å². The Morgan fingerprint density at radius 2 is 1.64 bits per heavy atom. The zero-order valence-corrected chi connectivity index (χ0v) is 22.4. The number of hydrogen-bond donors (Lipinski definition) is 2. The summed E-state index contributed by atoms with van der Waals surface area (Å²) in [5.74, 6) is -1.35. The van der Waals surface area contributed by atoms with Crippen molar-refractivity contribution < 1.29 is 19.1 Å². The number of carbonyl (C=O) groups excluding carboxylic acids is 3. The molecule has 0 aromatic heterocycles. The van der Waals surface area contributed by atoms with Crippen molar-refractivity contribution in [1.82, 2.24) is 10.2 Å². The number of rotatable bonds is 7. The van der Waals surface area contributed by atoms with Crippen molar-refractivity contribution in [3.8, 4) is 12.5 Å². The number of anilines is 1. The van der Waals surface area contributed by atoms with E-state index in [4.69, 9.17) is 11.2 Å². The number of alkyl carbamates (subject to hydrolysis) is 1. The highest BCUT2D eigenvalue weighted by Gasteiger charge is 2.38. The highest BCUT2D eigenvalue weighted by atomic mass is 16.6. The van der Waals surface area contributed by atoms with Crippen LogP contribution in [0.5, 0.6) is 0 Å². The fourth-order valence-corrected chi connectivity index (χ4v) is 3.73. The molecule has 2 aromatic carbocycles. The number of aryl methyl sites for hydroxylation is 3. The van der Waals surface area contributed by atoms with Crippen LogP contribution in [0, 0.1) is 39.2 Å². The number of terminal acetylenes is 1. The minimum atomic E-state index is -1.12. The Balaban J connectivity index is 2.52. The monoisotopic (exact) mass is 491 g/mol. The maximum atomic E-state index is 13.8. The first-order valence-corrected chi connectivity index (χ1v) is 12.0. The standard InChI is InChI=1S/C29H37N3O4/c1-10-32(27(34)24(18(2)3)31-28(35)36-29(7,8)9)25(22-17-19(4)15-16-20(22)5)26(33)30-23-14-12-11-13-21(23)6/h1,11-18,24-25H,2-9H3,(H,30,33)(H,31,35). The largest absolute Gasteiger partial charge is 0.444 e. The lowest BCUT2D eigenvalue weighted by molar-refractivity contribution is -0.137. The van der Waals surface area contributed by atoms with Gasteiger partial charge in [0.1, 0.15) is 17.7 Å². The van der Waals surface area contributed by atoms with Gasteiger partial charge in [0.2, 0.25) is 0 Å². The Hall–Kier alpha value is -3.79. The summed E-state index contributed by atoms with van der Waals surface area (Å²) in [4.78, 5) is 41.1. The van der Waals surface area contributed by atoms with E-state index in [2.05, 4.69) is 16.7 Å². The molecular formula is C29H37N3O4. The topological polar surface area (TPSA) is 87.7 Å². The first kappa shape index (κ1) is 28.4. The molecule has 3 amide bonds. The molecule has 2 rings (SSSR count).